The van der Waals surface area contributed by atoms with Crippen LogP contribution >= 0.6 is 0 Å². The lowest BCUT2D eigenvalue weighted by atomic mass is 10.1. The van der Waals surface area contributed by atoms with Gasteiger partial charge in [0.15, 0.2) is 5.82 Å². The van der Waals surface area contributed by atoms with E-state index in [0.717, 1.165) is 39.4 Å². The summed E-state index contributed by atoms with van der Waals surface area (Å²) in [5.41, 5.74) is 4.74. The van der Waals surface area contributed by atoms with Crippen LogP contribution in [0.2, 0.25) is 0 Å². The highest BCUT2D eigenvalue weighted by Gasteiger charge is 2.10. The Morgan fingerprint density at radius 2 is 1.80 bits per heavy atom. The Hall–Kier alpha value is -2.49. The van der Waals surface area contributed by atoms with Crippen LogP contribution in [0, 0.1) is 13.8 Å². The number of nitrogens with zero attached hydrogens (tertiary/aromatic N) is 3. The molecule has 100 valence electrons. The van der Waals surface area contributed by atoms with E-state index >= 15 is 0 Å². The monoisotopic (exact) mass is 264 g/mol. The molecule has 0 atom stereocenters. The highest BCUT2D eigenvalue weighted by Crippen LogP contribution is 2.27. The third-order valence-electron chi connectivity index (χ3n) is 3.42. The molecule has 0 bridgehead atoms. The van der Waals surface area contributed by atoms with Crippen LogP contribution in [-0.2, 0) is 0 Å². The number of anilines is 1. The summed E-state index contributed by atoms with van der Waals surface area (Å²) in [5, 5.41) is 4.24. The molecular formula is C16H16N4. The first-order chi connectivity index (χ1) is 9.69. The fourth-order valence-electron chi connectivity index (χ4n) is 2.19. The Morgan fingerprint density at radius 1 is 1.00 bits per heavy atom. The van der Waals surface area contributed by atoms with Crippen molar-refractivity contribution in [2.45, 2.75) is 13.8 Å². The molecule has 2 heterocycles. The maximum absolute atomic E-state index is 4.67. The predicted molar refractivity (Wildman–Crippen MR) is 81.8 cm³/mol. The second-order valence-electron chi connectivity index (χ2n) is 4.75. The SMILES string of the molecule is CNc1nc(C)c(C)nc1-c1ccc2cccnc2c1. The van der Waals surface area contributed by atoms with Crippen molar-refractivity contribution in [2.24, 2.45) is 0 Å². The molecule has 0 unspecified atom stereocenters. The van der Waals surface area contributed by atoms with Crippen LogP contribution in [0.25, 0.3) is 22.2 Å². The van der Waals surface area contributed by atoms with E-state index < -0.39 is 0 Å². The van der Waals surface area contributed by atoms with Crippen LogP contribution in [0.3, 0.4) is 0 Å². The fraction of sp³-hybridized carbons (Fsp3) is 0.188. The zero-order valence-electron chi connectivity index (χ0n) is 11.8. The Balaban J connectivity index is 2.22. The maximum Gasteiger partial charge on any atom is 0.152 e. The Labute approximate surface area is 117 Å². The number of aryl methyl sites for hydroxylation is 2. The summed E-state index contributed by atoms with van der Waals surface area (Å²) < 4.78 is 0. The first-order valence-electron chi connectivity index (χ1n) is 6.57. The summed E-state index contributed by atoms with van der Waals surface area (Å²) >= 11 is 0. The van der Waals surface area contributed by atoms with Crippen LogP contribution in [0.5, 0.6) is 0 Å². The number of hydrogen-bond donors (Lipinski definition) is 1. The molecule has 3 aromatic rings. The van der Waals surface area contributed by atoms with Gasteiger partial charge in [-0.25, -0.2) is 9.97 Å². The predicted octanol–water partition coefficient (Wildman–Crippen LogP) is 3.35. The third-order valence-corrected chi connectivity index (χ3v) is 3.42. The van der Waals surface area contributed by atoms with Crippen LogP contribution in [0.15, 0.2) is 36.5 Å². The first-order valence-corrected chi connectivity index (χ1v) is 6.57. The number of hydrogen-bond acceptors (Lipinski definition) is 4. The molecule has 3 rings (SSSR count). The number of aromatic nitrogens is 3. The van der Waals surface area contributed by atoms with Gasteiger partial charge in [-0.2, -0.15) is 0 Å². The fourth-order valence-corrected chi connectivity index (χ4v) is 2.19. The molecule has 0 saturated carbocycles. The van der Waals surface area contributed by atoms with E-state index in [4.69, 9.17) is 0 Å². The van der Waals surface area contributed by atoms with E-state index in [0.29, 0.717) is 0 Å². The Kier molecular flexibility index (Phi) is 3.06. The van der Waals surface area contributed by atoms with Crippen molar-refractivity contribution in [1.29, 1.82) is 0 Å². The molecule has 1 aromatic carbocycles. The normalized spacial score (nSPS) is 10.8. The summed E-state index contributed by atoms with van der Waals surface area (Å²) in [5.74, 6) is 0.795. The van der Waals surface area contributed by atoms with Gasteiger partial charge < -0.3 is 5.32 Å². The van der Waals surface area contributed by atoms with Gasteiger partial charge in [-0.15, -0.1) is 0 Å². The summed E-state index contributed by atoms with van der Waals surface area (Å²) in [6.07, 6.45) is 1.80. The van der Waals surface area contributed by atoms with Gasteiger partial charge in [0.2, 0.25) is 0 Å². The molecule has 0 amide bonds. The second-order valence-corrected chi connectivity index (χ2v) is 4.75. The minimum Gasteiger partial charge on any atom is -0.371 e. The first kappa shape index (κ1) is 12.5. The van der Waals surface area contributed by atoms with Crippen molar-refractivity contribution >= 4 is 16.7 Å². The highest BCUT2D eigenvalue weighted by atomic mass is 15.0. The summed E-state index contributed by atoms with van der Waals surface area (Å²) in [7, 11) is 1.86. The molecule has 0 aliphatic heterocycles. The number of benzene rings is 1. The molecule has 0 aliphatic rings. The van der Waals surface area contributed by atoms with E-state index in [-0.39, 0.29) is 0 Å². The number of nitrogens with one attached hydrogen (secondary N) is 1. The van der Waals surface area contributed by atoms with Crippen molar-refractivity contribution in [1.82, 2.24) is 15.0 Å². The molecule has 4 heteroatoms. The van der Waals surface area contributed by atoms with Crippen molar-refractivity contribution in [3.8, 4) is 11.3 Å². The molecule has 0 aliphatic carbocycles. The summed E-state index contributed by atoms with van der Waals surface area (Å²) in [4.78, 5) is 13.6. The third kappa shape index (κ3) is 2.09. The van der Waals surface area contributed by atoms with Crippen molar-refractivity contribution in [2.75, 3.05) is 12.4 Å². The molecule has 0 saturated heterocycles. The molecular weight excluding hydrogens is 248 g/mol. The summed E-state index contributed by atoms with van der Waals surface area (Å²) in [6, 6.07) is 10.2. The minimum atomic E-state index is 0.795. The average molecular weight is 264 g/mol. The Morgan fingerprint density at radius 3 is 2.60 bits per heavy atom. The largest absolute Gasteiger partial charge is 0.371 e. The van der Waals surface area contributed by atoms with Gasteiger partial charge >= 0.3 is 0 Å². The van der Waals surface area contributed by atoms with Gasteiger partial charge in [-0.1, -0.05) is 18.2 Å². The molecule has 1 N–H and O–H groups in total. The van der Waals surface area contributed by atoms with E-state index in [1.54, 1.807) is 6.20 Å². The maximum atomic E-state index is 4.67. The van der Waals surface area contributed by atoms with Gasteiger partial charge in [0.05, 0.1) is 16.9 Å². The average Bonchev–Trinajstić information content (AvgIpc) is 2.49. The van der Waals surface area contributed by atoms with Crippen LogP contribution in [0.4, 0.5) is 5.82 Å². The zero-order chi connectivity index (χ0) is 14.1. The quantitative estimate of drug-likeness (QED) is 0.771. The van der Waals surface area contributed by atoms with Gasteiger partial charge in [-0.05, 0) is 26.0 Å². The minimum absolute atomic E-state index is 0.795. The standard InChI is InChI=1S/C16H16N4/c1-10-11(2)20-16(17-3)15(19-10)13-7-6-12-5-4-8-18-14(12)9-13/h4-9H,1-3H3,(H,17,20). The Bertz CT molecular complexity index is 781. The van der Waals surface area contributed by atoms with Gasteiger partial charge in [0.1, 0.15) is 5.69 Å². The smallest absolute Gasteiger partial charge is 0.152 e. The van der Waals surface area contributed by atoms with Crippen molar-refractivity contribution in [3.63, 3.8) is 0 Å². The van der Waals surface area contributed by atoms with Gasteiger partial charge in [0.25, 0.3) is 0 Å². The van der Waals surface area contributed by atoms with Crippen LogP contribution in [0.1, 0.15) is 11.4 Å². The number of pyridine rings is 1. The molecule has 2 aromatic heterocycles. The van der Waals surface area contributed by atoms with Crippen LogP contribution in [-0.4, -0.2) is 22.0 Å². The molecule has 4 nitrogen and oxygen atoms in total. The lowest BCUT2D eigenvalue weighted by molar-refractivity contribution is 1.05. The molecule has 0 radical (unpaired) electrons. The van der Waals surface area contributed by atoms with E-state index in [2.05, 4.69) is 44.5 Å². The highest BCUT2D eigenvalue weighted by molar-refractivity contribution is 5.85. The molecule has 0 spiro atoms. The second kappa shape index (κ2) is 4.89. The van der Waals surface area contributed by atoms with Crippen LogP contribution < -0.4 is 5.32 Å². The van der Waals surface area contributed by atoms with E-state index in [1.807, 2.05) is 27.0 Å². The lowest BCUT2D eigenvalue weighted by Crippen LogP contribution is -2.02. The van der Waals surface area contributed by atoms with E-state index in [1.165, 1.54) is 0 Å². The van der Waals surface area contributed by atoms with E-state index in [9.17, 15) is 0 Å². The number of fused-ring (bicyclic) bond motifs is 1. The van der Waals surface area contributed by atoms with Crippen molar-refractivity contribution in [3.05, 3.63) is 47.9 Å². The lowest BCUT2D eigenvalue weighted by Gasteiger charge is -2.11. The van der Waals surface area contributed by atoms with Crippen molar-refractivity contribution < 1.29 is 0 Å². The summed E-state index contributed by atoms with van der Waals surface area (Å²) in [6.45, 7) is 3.94. The van der Waals surface area contributed by atoms with Gasteiger partial charge in [-0.3, -0.25) is 4.98 Å². The molecule has 20 heavy (non-hydrogen) atoms. The topological polar surface area (TPSA) is 50.7 Å². The zero-order valence-corrected chi connectivity index (χ0v) is 11.8. The molecule has 0 fully saturated rings. The van der Waals surface area contributed by atoms with Gasteiger partial charge in [0, 0.05) is 24.2 Å². The number of rotatable bonds is 2.